The van der Waals surface area contributed by atoms with Gasteiger partial charge < -0.3 is 14.9 Å². The maximum Gasteiger partial charge on any atom is 0.305 e. The largest absolute Gasteiger partial charge is 0.469 e. The van der Waals surface area contributed by atoms with Crippen molar-refractivity contribution in [3.05, 3.63) is 58.5 Å². The number of ether oxygens (including phenoxy) is 1. The Morgan fingerprint density at radius 3 is 2.75 bits per heavy atom. The Kier molecular flexibility index (Phi) is 9.82. The van der Waals surface area contributed by atoms with Crippen molar-refractivity contribution >= 4 is 17.7 Å². The van der Waals surface area contributed by atoms with Crippen molar-refractivity contribution < 1.29 is 19.7 Å². The summed E-state index contributed by atoms with van der Waals surface area (Å²) in [5, 5.41) is 20.7. The van der Waals surface area contributed by atoms with E-state index in [1.54, 1.807) is 11.8 Å². The summed E-state index contributed by atoms with van der Waals surface area (Å²) in [4.78, 5) is 12.4. The second kappa shape index (κ2) is 12.1. The molecule has 0 spiro atoms. The highest BCUT2D eigenvalue weighted by Gasteiger charge is 2.30. The van der Waals surface area contributed by atoms with Crippen molar-refractivity contribution in [3.63, 3.8) is 0 Å². The fraction of sp³-hybridized carbons (Fsp3) is 0.522. The molecule has 1 unspecified atom stereocenters. The lowest BCUT2D eigenvalue weighted by Gasteiger charge is -2.16. The molecule has 0 heterocycles. The molecule has 0 radical (unpaired) electrons. The first-order valence-electron chi connectivity index (χ1n) is 9.99. The van der Waals surface area contributed by atoms with Crippen LogP contribution >= 0.6 is 11.8 Å². The summed E-state index contributed by atoms with van der Waals surface area (Å²) < 4.78 is 4.65. The Balaban J connectivity index is 1.80. The minimum atomic E-state index is -0.555. The quantitative estimate of drug-likeness (QED) is 0.328. The molecule has 3 atom stereocenters. The number of hydrogen-bond donors (Lipinski definition) is 2. The molecule has 1 aromatic rings. The number of esters is 1. The van der Waals surface area contributed by atoms with Crippen molar-refractivity contribution in [2.45, 2.75) is 57.7 Å². The first-order chi connectivity index (χ1) is 13.5. The maximum atomic E-state index is 11.1. The lowest BCUT2D eigenvalue weighted by molar-refractivity contribution is -0.140. The molecule has 0 fully saturated rings. The van der Waals surface area contributed by atoms with E-state index in [0.717, 1.165) is 30.6 Å². The van der Waals surface area contributed by atoms with Crippen LogP contribution in [0.15, 0.2) is 53.0 Å². The number of benzene rings is 1. The van der Waals surface area contributed by atoms with Crippen LogP contribution in [0.2, 0.25) is 0 Å². The van der Waals surface area contributed by atoms with Gasteiger partial charge in [0.2, 0.25) is 0 Å². The van der Waals surface area contributed by atoms with Crippen LogP contribution < -0.4 is 0 Å². The van der Waals surface area contributed by atoms with Crippen LogP contribution in [0, 0.1) is 5.92 Å². The summed E-state index contributed by atoms with van der Waals surface area (Å²) in [5.74, 6) is 0.784. The molecule has 0 aromatic heterocycles. The summed E-state index contributed by atoms with van der Waals surface area (Å²) >= 11 is 1.79. The van der Waals surface area contributed by atoms with Crippen LogP contribution in [0.3, 0.4) is 0 Å². The molecule has 0 saturated heterocycles. The van der Waals surface area contributed by atoms with Gasteiger partial charge in [-0.15, -0.1) is 11.8 Å². The Bertz CT molecular complexity index is 668. The Morgan fingerprint density at radius 2 is 2.04 bits per heavy atom. The molecular formula is C23H32O4S. The lowest BCUT2D eigenvalue weighted by atomic mass is 10.0. The zero-order chi connectivity index (χ0) is 20.4. The number of unbranched alkanes of at least 4 members (excludes halogenated alkanes) is 2. The number of methoxy groups -OCH3 is 1. The summed E-state index contributed by atoms with van der Waals surface area (Å²) in [5.41, 5.74) is 2.33. The van der Waals surface area contributed by atoms with Gasteiger partial charge >= 0.3 is 5.97 Å². The van der Waals surface area contributed by atoms with E-state index in [4.69, 9.17) is 0 Å². The molecule has 1 aromatic carbocycles. The summed E-state index contributed by atoms with van der Waals surface area (Å²) in [6.45, 7) is 2.08. The number of thioether (sulfide) groups is 1. The molecule has 0 amide bonds. The van der Waals surface area contributed by atoms with Gasteiger partial charge in [-0.2, -0.15) is 0 Å². The molecule has 4 nitrogen and oxygen atoms in total. The van der Waals surface area contributed by atoms with Crippen molar-refractivity contribution in [3.8, 4) is 0 Å². The fourth-order valence-electron chi connectivity index (χ4n) is 3.44. The van der Waals surface area contributed by atoms with E-state index in [1.165, 1.54) is 17.6 Å². The minimum absolute atomic E-state index is 0.0366. The molecule has 1 aliphatic rings. The number of rotatable bonds is 11. The second-order valence-corrected chi connectivity index (χ2v) is 8.46. The second-order valence-electron chi connectivity index (χ2n) is 7.32. The van der Waals surface area contributed by atoms with Crippen LogP contribution in [-0.4, -0.2) is 41.3 Å². The van der Waals surface area contributed by atoms with E-state index in [0.29, 0.717) is 19.3 Å². The Morgan fingerprint density at radius 1 is 1.29 bits per heavy atom. The molecule has 1 aliphatic carbocycles. The summed E-state index contributed by atoms with van der Waals surface area (Å²) in [7, 11) is 1.42. The van der Waals surface area contributed by atoms with Gasteiger partial charge in [-0.3, -0.25) is 4.79 Å². The molecule has 0 bridgehead atoms. The average molecular weight is 405 g/mol. The standard InChI is InChI=1S/C23H32O4S/c1-17-15-21(25)20(13-12-19(24)16-18-9-5-3-6-10-18)23(17)28-14-8-4-7-11-22(26)27-2/h3,5-6,9-10,12-13,19-21,24-25H,4,7-8,11,14-16H2,1-2H3/b13-12+/t19?,20-,21+/m0/s1. The van der Waals surface area contributed by atoms with E-state index in [-0.39, 0.29) is 11.9 Å². The highest BCUT2D eigenvalue weighted by molar-refractivity contribution is 8.03. The van der Waals surface area contributed by atoms with Gasteiger partial charge in [-0.05, 0) is 42.4 Å². The fourth-order valence-corrected chi connectivity index (χ4v) is 4.77. The van der Waals surface area contributed by atoms with E-state index in [9.17, 15) is 15.0 Å². The molecule has 2 rings (SSSR count). The lowest BCUT2D eigenvalue weighted by Crippen LogP contribution is -2.15. The van der Waals surface area contributed by atoms with Crippen LogP contribution in [0.4, 0.5) is 0 Å². The van der Waals surface area contributed by atoms with Crippen molar-refractivity contribution in [2.75, 3.05) is 12.9 Å². The first kappa shape index (κ1) is 22.7. The third kappa shape index (κ3) is 7.46. The molecule has 2 N–H and O–H groups in total. The van der Waals surface area contributed by atoms with Crippen molar-refractivity contribution in [2.24, 2.45) is 5.92 Å². The molecule has 28 heavy (non-hydrogen) atoms. The predicted octanol–water partition coefficient (Wildman–Crippen LogP) is 4.27. The van der Waals surface area contributed by atoms with E-state index in [1.807, 2.05) is 42.5 Å². The number of carbonyl (C=O) groups excluding carboxylic acids is 1. The van der Waals surface area contributed by atoms with Gasteiger partial charge in [0.25, 0.3) is 0 Å². The minimum Gasteiger partial charge on any atom is -0.469 e. The van der Waals surface area contributed by atoms with Crippen LogP contribution in [-0.2, 0) is 16.0 Å². The number of aliphatic hydroxyl groups is 2. The molecule has 154 valence electrons. The number of hydrogen-bond acceptors (Lipinski definition) is 5. The van der Waals surface area contributed by atoms with Gasteiger partial charge in [0.15, 0.2) is 0 Å². The van der Waals surface area contributed by atoms with Gasteiger partial charge in [0.05, 0.1) is 19.3 Å². The van der Waals surface area contributed by atoms with Crippen LogP contribution in [0.5, 0.6) is 0 Å². The zero-order valence-corrected chi connectivity index (χ0v) is 17.7. The topological polar surface area (TPSA) is 66.8 Å². The molecule has 0 aliphatic heterocycles. The van der Waals surface area contributed by atoms with E-state index < -0.39 is 12.2 Å². The predicted molar refractivity (Wildman–Crippen MR) is 115 cm³/mol. The zero-order valence-electron chi connectivity index (χ0n) is 16.8. The average Bonchev–Trinajstić information content (AvgIpc) is 2.96. The third-order valence-corrected chi connectivity index (χ3v) is 6.42. The monoisotopic (exact) mass is 404 g/mol. The van der Waals surface area contributed by atoms with E-state index >= 15 is 0 Å². The molecular weight excluding hydrogens is 372 g/mol. The Labute approximate surface area is 172 Å². The van der Waals surface area contributed by atoms with Crippen molar-refractivity contribution in [1.82, 2.24) is 0 Å². The van der Waals surface area contributed by atoms with Crippen molar-refractivity contribution in [1.29, 1.82) is 0 Å². The van der Waals surface area contributed by atoms with Crippen LogP contribution in [0.25, 0.3) is 0 Å². The normalized spacial score (nSPS) is 20.7. The van der Waals surface area contributed by atoms with Gasteiger partial charge in [0.1, 0.15) is 0 Å². The highest BCUT2D eigenvalue weighted by atomic mass is 32.2. The molecule has 0 saturated carbocycles. The smallest absolute Gasteiger partial charge is 0.305 e. The Hall–Kier alpha value is -1.56. The van der Waals surface area contributed by atoms with Gasteiger partial charge in [0, 0.05) is 18.8 Å². The highest BCUT2D eigenvalue weighted by Crippen LogP contribution is 2.40. The SMILES string of the molecule is COC(=O)CCCCCSC1=C(C)C[C@@H](O)[C@@H]1/C=C/C(O)Cc1ccccc1. The molecule has 5 heteroatoms. The van der Waals surface area contributed by atoms with E-state index in [2.05, 4.69) is 11.7 Å². The third-order valence-electron chi connectivity index (χ3n) is 4.99. The number of carbonyl (C=O) groups is 1. The summed E-state index contributed by atoms with van der Waals surface area (Å²) in [6.07, 6.45) is 7.43. The number of aliphatic hydroxyl groups excluding tert-OH is 2. The maximum absolute atomic E-state index is 11.1. The summed E-state index contributed by atoms with van der Waals surface area (Å²) in [6, 6.07) is 9.92. The first-order valence-corrected chi connectivity index (χ1v) is 11.0. The van der Waals surface area contributed by atoms with Gasteiger partial charge in [-0.25, -0.2) is 0 Å². The van der Waals surface area contributed by atoms with Gasteiger partial charge in [-0.1, -0.05) is 54.5 Å². The van der Waals surface area contributed by atoms with Crippen LogP contribution in [0.1, 0.15) is 44.6 Å².